The normalized spacial score (nSPS) is 12.8. The Morgan fingerprint density at radius 3 is 2.63 bits per heavy atom. The fourth-order valence-electron chi connectivity index (χ4n) is 3.13. The number of imide groups is 1. The number of ether oxygens (including phenoxy) is 1. The van der Waals surface area contributed by atoms with Gasteiger partial charge in [-0.15, -0.1) is 0 Å². The molecule has 0 saturated heterocycles. The largest absolute Gasteiger partial charge is 0.492 e. The van der Waals surface area contributed by atoms with Crippen LogP contribution < -0.4 is 10.1 Å². The molecule has 1 aromatic heterocycles. The third kappa shape index (κ3) is 4.13. The molecule has 0 saturated carbocycles. The first kappa shape index (κ1) is 19.9. The van der Waals surface area contributed by atoms with E-state index in [2.05, 4.69) is 21.2 Å². The van der Waals surface area contributed by atoms with Gasteiger partial charge in [0.25, 0.3) is 17.7 Å². The zero-order chi connectivity index (χ0) is 21.1. The van der Waals surface area contributed by atoms with Crippen molar-refractivity contribution in [2.75, 3.05) is 13.2 Å². The lowest BCUT2D eigenvalue weighted by atomic mass is 10.1. The van der Waals surface area contributed by atoms with Crippen molar-refractivity contribution < 1.29 is 23.5 Å². The average Bonchev–Trinajstić information content (AvgIpc) is 3.34. The Morgan fingerprint density at radius 2 is 1.87 bits per heavy atom. The Balaban J connectivity index is 1.37. The first-order chi connectivity index (χ1) is 14.5. The Labute approximate surface area is 180 Å². The van der Waals surface area contributed by atoms with Crippen LogP contribution in [0.3, 0.4) is 0 Å². The summed E-state index contributed by atoms with van der Waals surface area (Å²) in [7, 11) is 0. The summed E-state index contributed by atoms with van der Waals surface area (Å²) in [5.74, 6) is 0.00465. The monoisotopic (exact) mass is 468 g/mol. The van der Waals surface area contributed by atoms with E-state index in [1.54, 1.807) is 12.1 Å². The van der Waals surface area contributed by atoms with Gasteiger partial charge in [0.05, 0.1) is 30.5 Å². The summed E-state index contributed by atoms with van der Waals surface area (Å²) >= 11 is 3.37. The highest BCUT2D eigenvalue weighted by Gasteiger charge is 2.36. The van der Waals surface area contributed by atoms with Crippen LogP contribution in [0, 0.1) is 0 Å². The van der Waals surface area contributed by atoms with E-state index in [1.165, 1.54) is 24.5 Å². The maximum absolute atomic E-state index is 12.7. The van der Waals surface area contributed by atoms with Crippen molar-refractivity contribution in [3.8, 4) is 5.75 Å². The lowest BCUT2D eigenvalue weighted by molar-refractivity contribution is 0.0631. The van der Waals surface area contributed by atoms with Crippen LogP contribution in [0.4, 0.5) is 0 Å². The summed E-state index contributed by atoms with van der Waals surface area (Å²) in [4.78, 5) is 38.7. The van der Waals surface area contributed by atoms with Gasteiger partial charge in [-0.2, -0.15) is 0 Å². The van der Waals surface area contributed by atoms with Crippen LogP contribution in [0.25, 0.3) is 0 Å². The fourth-order valence-corrected chi connectivity index (χ4v) is 3.50. The molecule has 7 nitrogen and oxygen atoms in total. The van der Waals surface area contributed by atoms with Crippen molar-refractivity contribution in [2.24, 2.45) is 0 Å². The number of halogens is 1. The van der Waals surface area contributed by atoms with Gasteiger partial charge in [0.15, 0.2) is 0 Å². The van der Waals surface area contributed by atoms with Gasteiger partial charge >= 0.3 is 0 Å². The number of nitrogens with one attached hydrogen (secondary N) is 1. The van der Waals surface area contributed by atoms with Gasteiger partial charge in [-0.05, 0) is 48.5 Å². The first-order valence-electron chi connectivity index (χ1n) is 9.22. The summed E-state index contributed by atoms with van der Waals surface area (Å²) in [6.45, 7) is 0.634. The van der Waals surface area contributed by atoms with E-state index in [0.29, 0.717) is 30.2 Å². The number of furan rings is 1. The summed E-state index contributed by atoms with van der Waals surface area (Å²) in [5.41, 5.74) is 0.794. The number of nitrogens with zero attached hydrogens (tertiary/aromatic N) is 1. The molecule has 0 radical (unpaired) electrons. The molecule has 0 aliphatic carbocycles. The van der Waals surface area contributed by atoms with Crippen LogP contribution in [-0.4, -0.2) is 35.8 Å². The fraction of sp³-hybridized carbons (Fsp3) is 0.136. The zero-order valence-corrected chi connectivity index (χ0v) is 17.3. The lowest BCUT2D eigenvalue weighted by Gasteiger charge is -2.11. The molecule has 30 heavy (non-hydrogen) atoms. The van der Waals surface area contributed by atoms with Gasteiger partial charge in [0, 0.05) is 10.0 Å². The predicted molar refractivity (Wildman–Crippen MR) is 111 cm³/mol. The molecule has 1 aliphatic rings. The maximum atomic E-state index is 12.7. The molecule has 1 aliphatic heterocycles. The van der Waals surface area contributed by atoms with Gasteiger partial charge in [-0.1, -0.05) is 22.0 Å². The number of benzene rings is 2. The molecule has 3 aromatic rings. The summed E-state index contributed by atoms with van der Waals surface area (Å²) in [6, 6.07) is 15.3. The predicted octanol–water partition coefficient (Wildman–Crippen LogP) is 3.65. The Morgan fingerprint density at radius 1 is 1.03 bits per heavy atom. The van der Waals surface area contributed by atoms with E-state index in [4.69, 9.17) is 9.15 Å². The topological polar surface area (TPSA) is 88.8 Å². The molecule has 0 unspecified atom stereocenters. The van der Waals surface area contributed by atoms with Crippen molar-refractivity contribution in [3.05, 3.63) is 87.8 Å². The average molecular weight is 469 g/mol. The molecule has 8 heteroatoms. The number of hydrogen-bond donors (Lipinski definition) is 1. The van der Waals surface area contributed by atoms with Gasteiger partial charge in [-0.25, -0.2) is 0 Å². The number of hydrogen-bond acceptors (Lipinski definition) is 5. The highest BCUT2D eigenvalue weighted by Crippen LogP contribution is 2.26. The van der Waals surface area contributed by atoms with Crippen molar-refractivity contribution in [1.82, 2.24) is 10.2 Å². The van der Waals surface area contributed by atoms with Crippen molar-refractivity contribution >= 4 is 33.7 Å². The molecule has 2 heterocycles. The molecule has 2 aromatic carbocycles. The van der Waals surface area contributed by atoms with Gasteiger partial charge in [-0.3, -0.25) is 19.3 Å². The van der Waals surface area contributed by atoms with Crippen LogP contribution in [-0.2, 0) is 6.54 Å². The maximum Gasteiger partial charge on any atom is 0.261 e. The summed E-state index contributed by atoms with van der Waals surface area (Å²) < 4.78 is 11.7. The molecule has 0 fully saturated rings. The van der Waals surface area contributed by atoms with Crippen LogP contribution in [0.2, 0.25) is 0 Å². The van der Waals surface area contributed by atoms with Crippen LogP contribution in [0.15, 0.2) is 69.8 Å². The zero-order valence-electron chi connectivity index (χ0n) is 15.8. The molecule has 0 bridgehead atoms. The van der Waals surface area contributed by atoms with Crippen molar-refractivity contribution in [3.63, 3.8) is 0 Å². The number of carbonyl (C=O) groups is 3. The second kappa shape index (κ2) is 8.54. The molecular formula is C22H17BrN2O5. The number of fused-ring (bicyclic) bond motifs is 1. The van der Waals surface area contributed by atoms with Gasteiger partial charge < -0.3 is 14.5 Å². The third-order valence-electron chi connectivity index (χ3n) is 4.58. The lowest BCUT2D eigenvalue weighted by Crippen LogP contribution is -2.29. The minimum atomic E-state index is -0.445. The molecule has 0 spiro atoms. The summed E-state index contributed by atoms with van der Waals surface area (Å²) in [6.07, 6.45) is 1.48. The SMILES string of the molecule is O=C(NCCOc1cccc(Br)c1)c1ccc2c(c1)C(=O)N(Cc1ccco1)C2=O. The highest BCUT2D eigenvalue weighted by molar-refractivity contribution is 9.10. The van der Waals surface area contributed by atoms with Crippen LogP contribution >= 0.6 is 15.9 Å². The minimum Gasteiger partial charge on any atom is -0.492 e. The molecule has 4 rings (SSSR count). The van der Waals surface area contributed by atoms with Crippen LogP contribution in [0.5, 0.6) is 5.75 Å². The Hall–Kier alpha value is -3.39. The van der Waals surface area contributed by atoms with Crippen molar-refractivity contribution in [2.45, 2.75) is 6.54 Å². The van der Waals surface area contributed by atoms with E-state index in [0.717, 1.165) is 9.37 Å². The van der Waals surface area contributed by atoms with E-state index >= 15 is 0 Å². The summed E-state index contributed by atoms with van der Waals surface area (Å²) in [5, 5.41) is 2.75. The van der Waals surface area contributed by atoms with Crippen molar-refractivity contribution in [1.29, 1.82) is 0 Å². The second-order valence-electron chi connectivity index (χ2n) is 6.60. The first-order valence-corrected chi connectivity index (χ1v) is 10.0. The molecular weight excluding hydrogens is 452 g/mol. The number of carbonyl (C=O) groups excluding carboxylic acids is 3. The second-order valence-corrected chi connectivity index (χ2v) is 7.51. The third-order valence-corrected chi connectivity index (χ3v) is 5.07. The highest BCUT2D eigenvalue weighted by atomic mass is 79.9. The van der Waals surface area contributed by atoms with Crippen LogP contribution in [0.1, 0.15) is 36.8 Å². The molecule has 0 atom stereocenters. The van der Waals surface area contributed by atoms with E-state index in [-0.39, 0.29) is 23.6 Å². The minimum absolute atomic E-state index is 0.0494. The van der Waals surface area contributed by atoms with E-state index in [9.17, 15) is 14.4 Å². The van der Waals surface area contributed by atoms with E-state index < -0.39 is 11.8 Å². The van der Waals surface area contributed by atoms with Gasteiger partial charge in [0.1, 0.15) is 18.1 Å². The standard InChI is InChI=1S/C22H17BrN2O5/c23-15-3-1-4-16(12-15)30-10-8-24-20(26)14-6-7-18-19(11-14)22(28)25(21(18)27)13-17-5-2-9-29-17/h1-7,9,11-12H,8,10,13H2,(H,24,26). The molecule has 1 N–H and O–H groups in total. The number of rotatable bonds is 7. The quantitative estimate of drug-likeness (QED) is 0.422. The Bertz CT molecular complexity index is 1110. The van der Waals surface area contributed by atoms with E-state index in [1.807, 2.05) is 24.3 Å². The number of amides is 3. The Kier molecular flexibility index (Phi) is 5.67. The molecule has 152 valence electrons. The molecule has 3 amide bonds. The van der Waals surface area contributed by atoms with Gasteiger partial charge in [0.2, 0.25) is 0 Å². The smallest absolute Gasteiger partial charge is 0.261 e.